The fourth-order valence-corrected chi connectivity index (χ4v) is 3.05. The van der Waals surface area contributed by atoms with Crippen LogP contribution in [0.1, 0.15) is 44.1 Å². The van der Waals surface area contributed by atoms with Gasteiger partial charge in [-0.15, -0.1) is 0 Å². The topological polar surface area (TPSA) is 129 Å². The van der Waals surface area contributed by atoms with Crippen molar-refractivity contribution in [2.24, 2.45) is 17.2 Å². The Labute approximate surface area is 143 Å². The predicted octanol–water partition coefficient (Wildman–Crippen LogP) is 1.90. The van der Waals surface area contributed by atoms with Crippen LogP contribution in [0.3, 0.4) is 0 Å². The molecule has 0 aliphatic carbocycles. The Hall–Kier alpha value is -1.70. The number of pyridine rings is 1. The molecular formula is C17H30N6O. The molecule has 0 aromatic carbocycles. The fraction of sp³-hybridized carbons (Fsp3) is 0.647. The van der Waals surface area contributed by atoms with Gasteiger partial charge in [-0.1, -0.05) is 5.16 Å². The Morgan fingerprint density at radius 1 is 1.08 bits per heavy atom. The molecule has 0 bridgehead atoms. The van der Waals surface area contributed by atoms with Gasteiger partial charge in [0.25, 0.3) is 0 Å². The quantitative estimate of drug-likeness (QED) is 0.462. The smallest absolute Gasteiger partial charge is 0.175 e. The second kappa shape index (κ2) is 8.96. The summed E-state index contributed by atoms with van der Waals surface area (Å²) in [5.41, 5.74) is 19.4. The second-order valence-corrected chi connectivity index (χ2v) is 6.54. The average molecular weight is 334 g/mol. The molecule has 0 amide bonds. The normalized spacial score (nSPS) is 12.0. The van der Waals surface area contributed by atoms with E-state index >= 15 is 0 Å². The SMILES string of the molecule is Cc1cnc(NCCCC(N)(CCCN)CCCN)c2cnoc12. The summed E-state index contributed by atoms with van der Waals surface area (Å²) in [6.45, 7) is 4.12. The lowest BCUT2D eigenvalue weighted by Crippen LogP contribution is -2.41. The minimum atomic E-state index is -0.173. The zero-order valence-electron chi connectivity index (χ0n) is 14.6. The van der Waals surface area contributed by atoms with Crippen molar-refractivity contribution in [2.45, 2.75) is 51.0 Å². The number of aromatic nitrogens is 2. The molecule has 0 atom stereocenters. The number of fused-ring (bicyclic) bond motifs is 1. The number of nitrogens with zero attached hydrogens (tertiary/aromatic N) is 2. The highest BCUT2D eigenvalue weighted by Crippen LogP contribution is 2.25. The molecule has 0 radical (unpaired) electrons. The van der Waals surface area contributed by atoms with Gasteiger partial charge in [0.2, 0.25) is 0 Å². The Kier molecular flexibility index (Phi) is 6.96. The van der Waals surface area contributed by atoms with E-state index in [0.29, 0.717) is 13.1 Å². The van der Waals surface area contributed by atoms with Crippen LogP contribution in [0.4, 0.5) is 5.82 Å². The lowest BCUT2D eigenvalue weighted by Gasteiger charge is -2.29. The van der Waals surface area contributed by atoms with E-state index in [4.69, 9.17) is 21.7 Å². The summed E-state index contributed by atoms with van der Waals surface area (Å²) in [4.78, 5) is 4.44. The molecule has 0 fully saturated rings. The van der Waals surface area contributed by atoms with Crippen molar-refractivity contribution >= 4 is 16.8 Å². The number of hydrogen-bond acceptors (Lipinski definition) is 7. The van der Waals surface area contributed by atoms with Gasteiger partial charge in [0.1, 0.15) is 5.82 Å². The summed E-state index contributed by atoms with van der Waals surface area (Å²) in [7, 11) is 0. The van der Waals surface area contributed by atoms with Gasteiger partial charge in [-0.2, -0.15) is 0 Å². The Balaban J connectivity index is 1.87. The molecule has 0 aliphatic heterocycles. The number of aryl methyl sites for hydroxylation is 1. The maximum Gasteiger partial charge on any atom is 0.175 e. The number of hydrogen-bond donors (Lipinski definition) is 4. The highest BCUT2D eigenvalue weighted by Gasteiger charge is 2.23. The molecule has 0 saturated heterocycles. The van der Waals surface area contributed by atoms with E-state index in [1.165, 1.54) is 0 Å². The van der Waals surface area contributed by atoms with Crippen molar-refractivity contribution in [2.75, 3.05) is 25.0 Å². The van der Waals surface area contributed by atoms with Crippen LogP contribution in [0, 0.1) is 6.92 Å². The van der Waals surface area contributed by atoms with Gasteiger partial charge in [-0.25, -0.2) is 4.98 Å². The van der Waals surface area contributed by atoms with E-state index < -0.39 is 0 Å². The third-order valence-corrected chi connectivity index (χ3v) is 4.47. The van der Waals surface area contributed by atoms with E-state index in [2.05, 4.69) is 15.5 Å². The van der Waals surface area contributed by atoms with Gasteiger partial charge >= 0.3 is 0 Å². The molecule has 7 heteroatoms. The zero-order valence-corrected chi connectivity index (χ0v) is 14.6. The fourth-order valence-electron chi connectivity index (χ4n) is 3.05. The molecule has 0 unspecified atom stereocenters. The molecule has 7 nitrogen and oxygen atoms in total. The van der Waals surface area contributed by atoms with Crippen LogP contribution in [-0.4, -0.2) is 35.3 Å². The summed E-state index contributed by atoms with van der Waals surface area (Å²) < 4.78 is 5.26. The third-order valence-electron chi connectivity index (χ3n) is 4.47. The first-order chi connectivity index (χ1) is 11.6. The predicted molar refractivity (Wildman–Crippen MR) is 97.8 cm³/mol. The molecule has 0 spiro atoms. The van der Waals surface area contributed by atoms with Crippen LogP contribution in [0.5, 0.6) is 0 Å². The van der Waals surface area contributed by atoms with Crippen molar-refractivity contribution in [3.63, 3.8) is 0 Å². The summed E-state index contributed by atoms with van der Waals surface area (Å²) in [6, 6.07) is 0. The molecule has 7 N–H and O–H groups in total. The molecule has 24 heavy (non-hydrogen) atoms. The lowest BCUT2D eigenvalue weighted by molar-refractivity contribution is 0.322. The van der Waals surface area contributed by atoms with E-state index in [1.807, 2.05) is 6.92 Å². The third kappa shape index (κ3) is 4.90. The van der Waals surface area contributed by atoms with Crippen LogP contribution >= 0.6 is 0 Å². The van der Waals surface area contributed by atoms with Crippen molar-refractivity contribution in [3.05, 3.63) is 18.0 Å². The monoisotopic (exact) mass is 334 g/mol. The van der Waals surface area contributed by atoms with Crippen molar-refractivity contribution in [3.8, 4) is 0 Å². The minimum absolute atomic E-state index is 0.173. The van der Waals surface area contributed by atoms with E-state index in [1.54, 1.807) is 12.4 Å². The molecule has 0 saturated carbocycles. The Morgan fingerprint density at radius 2 is 1.75 bits per heavy atom. The lowest BCUT2D eigenvalue weighted by atomic mass is 9.85. The Bertz CT molecular complexity index is 619. The van der Waals surface area contributed by atoms with Gasteiger partial charge in [-0.05, 0) is 58.5 Å². The van der Waals surface area contributed by atoms with Crippen molar-refractivity contribution < 1.29 is 4.52 Å². The number of rotatable bonds is 11. The molecule has 2 aromatic rings. The highest BCUT2D eigenvalue weighted by atomic mass is 16.5. The molecule has 2 rings (SSSR count). The highest BCUT2D eigenvalue weighted by molar-refractivity contribution is 5.89. The summed E-state index contributed by atoms with van der Waals surface area (Å²) in [5.74, 6) is 0.809. The maximum atomic E-state index is 6.56. The van der Waals surface area contributed by atoms with Crippen molar-refractivity contribution in [1.29, 1.82) is 0 Å². The van der Waals surface area contributed by atoms with Crippen LogP contribution < -0.4 is 22.5 Å². The van der Waals surface area contributed by atoms with Gasteiger partial charge < -0.3 is 27.0 Å². The zero-order chi connectivity index (χ0) is 17.4. The van der Waals surface area contributed by atoms with E-state index in [-0.39, 0.29) is 5.54 Å². The van der Waals surface area contributed by atoms with Gasteiger partial charge in [-0.3, -0.25) is 0 Å². The summed E-state index contributed by atoms with van der Waals surface area (Å²) in [6.07, 6.45) is 9.21. The number of nitrogens with one attached hydrogen (secondary N) is 1. The van der Waals surface area contributed by atoms with Gasteiger partial charge in [0.05, 0.1) is 11.6 Å². The van der Waals surface area contributed by atoms with Crippen LogP contribution in [0.15, 0.2) is 16.9 Å². The van der Waals surface area contributed by atoms with Crippen LogP contribution in [0.2, 0.25) is 0 Å². The summed E-state index contributed by atoms with van der Waals surface area (Å²) in [5, 5.41) is 8.15. The first-order valence-corrected chi connectivity index (χ1v) is 8.72. The van der Waals surface area contributed by atoms with Crippen molar-refractivity contribution in [1.82, 2.24) is 10.1 Å². The van der Waals surface area contributed by atoms with Gasteiger partial charge in [0, 0.05) is 23.8 Å². The molecule has 2 aromatic heterocycles. The molecule has 134 valence electrons. The second-order valence-electron chi connectivity index (χ2n) is 6.54. The van der Waals surface area contributed by atoms with Crippen LogP contribution in [0.25, 0.3) is 11.0 Å². The van der Waals surface area contributed by atoms with Gasteiger partial charge in [0.15, 0.2) is 5.58 Å². The summed E-state index contributed by atoms with van der Waals surface area (Å²) >= 11 is 0. The molecular weight excluding hydrogens is 304 g/mol. The first-order valence-electron chi connectivity index (χ1n) is 8.72. The van der Waals surface area contributed by atoms with E-state index in [0.717, 1.165) is 67.4 Å². The largest absolute Gasteiger partial charge is 0.369 e. The standard InChI is InChI=1S/C17H30N6O/c1-13-11-22-16(14-12-23-24-15(13)14)21-10-4-7-17(20,5-2-8-18)6-3-9-19/h11-12H,2-10,18-20H2,1H3,(H,21,22). The molecule has 0 aliphatic rings. The number of anilines is 1. The average Bonchev–Trinajstić information content (AvgIpc) is 3.08. The van der Waals surface area contributed by atoms with E-state index in [9.17, 15) is 0 Å². The van der Waals surface area contributed by atoms with Crippen LogP contribution in [-0.2, 0) is 0 Å². The maximum absolute atomic E-state index is 6.56. The minimum Gasteiger partial charge on any atom is -0.369 e. The Morgan fingerprint density at radius 3 is 2.42 bits per heavy atom. The molecule has 2 heterocycles. The number of nitrogens with two attached hydrogens (primary N) is 3. The first kappa shape index (κ1) is 18.6.